The fraction of sp³-hybridized carbons (Fsp3) is 0.350. The van der Waals surface area contributed by atoms with Crippen molar-refractivity contribution in [3.63, 3.8) is 0 Å². The monoisotopic (exact) mass is 381 g/mol. The number of urea groups is 1. The SMILES string of the molecule is Cc1cc(C2(NC(=O)Nc3ccc(Cn4cccn4)cc3)CCOCC2)on1. The minimum Gasteiger partial charge on any atom is -0.381 e. The number of amides is 2. The number of hydrogen-bond acceptors (Lipinski definition) is 5. The Labute approximate surface area is 162 Å². The Morgan fingerprint density at radius 2 is 2.04 bits per heavy atom. The molecule has 146 valence electrons. The predicted molar refractivity (Wildman–Crippen MR) is 103 cm³/mol. The van der Waals surface area contributed by atoms with Crippen molar-refractivity contribution in [1.29, 1.82) is 0 Å². The molecule has 3 heterocycles. The fourth-order valence-corrected chi connectivity index (χ4v) is 3.40. The summed E-state index contributed by atoms with van der Waals surface area (Å²) in [6.07, 6.45) is 4.94. The van der Waals surface area contributed by atoms with Crippen molar-refractivity contribution < 1.29 is 14.1 Å². The van der Waals surface area contributed by atoms with Gasteiger partial charge >= 0.3 is 6.03 Å². The zero-order chi connectivity index (χ0) is 19.4. The lowest BCUT2D eigenvalue weighted by atomic mass is 9.87. The summed E-state index contributed by atoms with van der Waals surface area (Å²) in [5.74, 6) is 0.665. The molecule has 8 nitrogen and oxygen atoms in total. The molecular formula is C20H23N5O3. The van der Waals surface area contributed by atoms with Gasteiger partial charge in [0.2, 0.25) is 0 Å². The maximum Gasteiger partial charge on any atom is 0.320 e. The summed E-state index contributed by atoms with van der Waals surface area (Å²) in [4.78, 5) is 12.7. The highest BCUT2D eigenvalue weighted by Gasteiger charge is 2.39. The van der Waals surface area contributed by atoms with Gasteiger partial charge in [0.05, 0.1) is 12.2 Å². The van der Waals surface area contributed by atoms with Crippen LogP contribution in [-0.2, 0) is 16.8 Å². The van der Waals surface area contributed by atoms with Gasteiger partial charge in [0.1, 0.15) is 5.54 Å². The molecule has 0 spiro atoms. The molecule has 1 aromatic carbocycles. The summed E-state index contributed by atoms with van der Waals surface area (Å²) in [5.41, 5.74) is 2.00. The molecule has 0 unspecified atom stereocenters. The molecule has 1 aliphatic rings. The van der Waals surface area contributed by atoms with Crippen LogP contribution in [0.25, 0.3) is 0 Å². The van der Waals surface area contributed by atoms with E-state index >= 15 is 0 Å². The maximum absolute atomic E-state index is 12.7. The van der Waals surface area contributed by atoms with E-state index in [1.807, 2.05) is 54.2 Å². The summed E-state index contributed by atoms with van der Waals surface area (Å²) in [6, 6.07) is 11.2. The maximum atomic E-state index is 12.7. The number of aromatic nitrogens is 3. The van der Waals surface area contributed by atoms with E-state index in [2.05, 4.69) is 20.9 Å². The van der Waals surface area contributed by atoms with Crippen molar-refractivity contribution in [2.24, 2.45) is 0 Å². The van der Waals surface area contributed by atoms with Crippen LogP contribution in [0, 0.1) is 6.92 Å². The lowest BCUT2D eigenvalue weighted by Crippen LogP contribution is -2.50. The van der Waals surface area contributed by atoms with E-state index < -0.39 is 5.54 Å². The summed E-state index contributed by atoms with van der Waals surface area (Å²) < 4.78 is 12.8. The van der Waals surface area contributed by atoms with Gasteiger partial charge in [0.15, 0.2) is 5.76 Å². The van der Waals surface area contributed by atoms with E-state index in [0.29, 0.717) is 38.4 Å². The van der Waals surface area contributed by atoms with Crippen LogP contribution in [0.4, 0.5) is 10.5 Å². The van der Waals surface area contributed by atoms with E-state index in [0.717, 1.165) is 16.9 Å². The topological polar surface area (TPSA) is 94.2 Å². The van der Waals surface area contributed by atoms with Gasteiger partial charge in [-0.15, -0.1) is 0 Å². The molecule has 0 bridgehead atoms. The second kappa shape index (κ2) is 7.85. The van der Waals surface area contributed by atoms with Crippen molar-refractivity contribution in [3.8, 4) is 0 Å². The molecule has 2 N–H and O–H groups in total. The molecule has 1 aliphatic heterocycles. The Bertz CT molecular complexity index is 912. The zero-order valence-corrected chi connectivity index (χ0v) is 15.7. The third kappa shape index (κ3) is 4.07. The number of benzene rings is 1. The largest absolute Gasteiger partial charge is 0.381 e. The molecule has 1 saturated heterocycles. The summed E-state index contributed by atoms with van der Waals surface area (Å²) in [7, 11) is 0. The number of hydrogen-bond donors (Lipinski definition) is 2. The number of carbonyl (C=O) groups is 1. The fourth-order valence-electron chi connectivity index (χ4n) is 3.40. The predicted octanol–water partition coefficient (Wildman–Crippen LogP) is 3.06. The minimum atomic E-state index is -0.608. The van der Waals surface area contributed by atoms with E-state index in [1.54, 1.807) is 6.20 Å². The molecule has 0 aliphatic carbocycles. The molecule has 3 aromatic rings. The van der Waals surface area contributed by atoms with Gasteiger partial charge in [-0.1, -0.05) is 17.3 Å². The highest BCUT2D eigenvalue weighted by Crippen LogP contribution is 2.32. The molecule has 0 saturated carbocycles. The van der Waals surface area contributed by atoms with E-state index in [-0.39, 0.29) is 6.03 Å². The van der Waals surface area contributed by atoms with E-state index in [1.165, 1.54) is 0 Å². The number of anilines is 1. The Morgan fingerprint density at radius 1 is 1.25 bits per heavy atom. The Hall–Kier alpha value is -3.13. The normalized spacial score (nSPS) is 15.9. The first-order valence-corrected chi connectivity index (χ1v) is 9.30. The van der Waals surface area contributed by atoms with Crippen molar-refractivity contribution >= 4 is 11.7 Å². The number of aryl methyl sites for hydroxylation is 1. The van der Waals surface area contributed by atoms with Crippen LogP contribution < -0.4 is 10.6 Å². The first-order valence-electron chi connectivity index (χ1n) is 9.30. The Balaban J connectivity index is 1.42. The smallest absolute Gasteiger partial charge is 0.320 e. The van der Waals surface area contributed by atoms with Gasteiger partial charge in [-0.25, -0.2) is 4.79 Å². The van der Waals surface area contributed by atoms with Crippen molar-refractivity contribution in [2.45, 2.75) is 31.8 Å². The van der Waals surface area contributed by atoms with Crippen molar-refractivity contribution in [3.05, 3.63) is 65.8 Å². The first-order chi connectivity index (χ1) is 13.6. The highest BCUT2D eigenvalue weighted by atomic mass is 16.5. The van der Waals surface area contributed by atoms with Gasteiger partial charge in [0, 0.05) is 50.2 Å². The molecule has 0 radical (unpaired) electrons. The van der Waals surface area contributed by atoms with Crippen LogP contribution in [0.2, 0.25) is 0 Å². The summed E-state index contributed by atoms with van der Waals surface area (Å²) in [5, 5.41) is 14.2. The van der Waals surface area contributed by atoms with Crippen molar-refractivity contribution in [2.75, 3.05) is 18.5 Å². The molecule has 2 aromatic heterocycles. The zero-order valence-electron chi connectivity index (χ0n) is 15.7. The van der Waals surface area contributed by atoms with Crippen LogP contribution in [0.3, 0.4) is 0 Å². The standard InChI is InChI=1S/C20H23N5O3/c1-15-13-18(28-24-15)20(7-11-27-12-8-20)23-19(26)22-17-5-3-16(4-6-17)14-25-10-2-9-21-25/h2-6,9-10,13H,7-8,11-12,14H2,1H3,(H2,22,23,26). The van der Waals surface area contributed by atoms with Crippen LogP contribution in [0.5, 0.6) is 0 Å². The number of nitrogens with one attached hydrogen (secondary N) is 2. The molecule has 8 heteroatoms. The molecule has 2 amide bonds. The quantitative estimate of drug-likeness (QED) is 0.708. The third-order valence-electron chi connectivity index (χ3n) is 4.91. The van der Waals surface area contributed by atoms with Gasteiger partial charge in [-0.05, 0) is 30.7 Å². The van der Waals surface area contributed by atoms with E-state index in [9.17, 15) is 4.79 Å². The molecule has 28 heavy (non-hydrogen) atoms. The van der Waals surface area contributed by atoms with Crippen LogP contribution in [0.1, 0.15) is 29.9 Å². The lowest BCUT2D eigenvalue weighted by molar-refractivity contribution is 0.0307. The molecule has 0 atom stereocenters. The number of nitrogens with zero attached hydrogens (tertiary/aromatic N) is 3. The molecular weight excluding hydrogens is 358 g/mol. The van der Waals surface area contributed by atoms with Crippen LogP contribution in [-0.4, -0.2) is 34.2 Å². The number of ether oxygens (including phenoxy) is 1. The average molecular weight is 381 g/mol. The van der Waals surface area contributed by atoms with Gasteiger partial charge < -0.3 is 19.9 Å². The Morgan fingerprint density at radius 3 is 2.68 bits per heavy atom. The van der Waals surface area contributed by atoms with Crippen LogP contribution >= 0.6 is 0 Å². The first kappa shape index (κ1) is 18.2. The average Bonchev–Trinajstić information content (AvgIpc) is 3.36. The van der Waals surface area contributed by atoms with Crippen molar-refractivity contribution in [1.82, 2.24) is 20.3 Å². The Kier molecular flexibility index (Phi) is 5.12. The lowest BCUT2D eigenvalue weighted by Gasteiger charge is -2.35. The second-order valence-electron chi connectivity index (χ2n) is 7.01. The van der Waals surface area contributed by atoms with E-state index in [4.69, 9.17) is 9.26 Å². The summed E-state index contributed by atoms with van der Waals surface area (Å²) >= 11 is 0. The minimum absolute atomic E-state index is 0.282. The van der Waals surface area contributed by atoms with Crippen LogP contribution in [0.15, 0.2) is 53.3 Å². The highest BCUT2D eigenvalue weighted by molar-refractivity contribution is 5.89. The summed E-state index contributed by atoms with van der Waals surface area (Å²) in [6.45, 7) is 3.67. The van der Waals surface area contributed by atoms with Gasteiger partial charge in [-0.3, -0.25) is 4.68 Å². The molecule has 4 rings (SSSR count). The number of rotatable bonds is 5. The van der Waals surface area contributed by atoms with Gasteiger partial charge in [-0.2, -0.15) is 5.10 Å². The molecule has 1 fully saturated rings. The second-order valence-corrected chi connectivity index (χ2v) is 7.01. The number of carbonyl (C=O) groups excluding carboxylic acids is 1. The third-order valence-corrected chi connectivity index (χ3v) is 4.91. The van der Waals surface area contributed by atoms with Gasteiger partial charge in [0.25, 0.3) is 0 Å².